The minimum Gasteiger partial charge on any atom is -0.327 e. The molecule has 0 aliphatic heterocycles. The maximum absolute atomic E-state index is 11.9. The number of aromatic nitrogens is 1. The molecule has 16 heavy (non-hydrogen) atoms. The third-order valence-corrected chi connectivity index (χ3v) is 2.28. The molecule has 0 saturated heterocycles. The highest BCUT2D eigenvalue weighted by molar-refractivity contribution is 5.10. The summed E-state index contributed by atoms with van der Waals surface area (Å²) in [5.41, 5.74) is 6.76. The van der Waals surface area contributed by atoms with Gasteiger partial charge in [-0.1, -0.05) is 0 Å². The predicted octanol–water partition coefficient (Wildman–Crippen LogP) is 2.68. The average molecular weight is 232 g/mol. The summed E-state index contributed by atoms with van der Waals surface area (Å²) in [5, 5.41) is 0. The van der Waals surface area contributed by atoms with E-state index in [4.69, 9.17) is 5.73 Å². The smallest absolute Gasteiger partial charge is 0.327 e. The van der Waals surface area contributed by atoms with Gasteiger partial charge in [-0.25, -0.2) is 0 Å². The van der Waals surface area contributed by atoms with Gasteiger partial charge in [0, 0.05) is 24.9 Å². The van der Waals surface area contributed by atoms with Crippen molar-refractivity contribution in [3.05, 3.63) is 30.1 Å². The Hall–Kier alpha value is -1.10. The van der Waals surface area contributed by atoms with E-state index in [1.54, 1.807) is 12.4 Å². The van der Waals surface area contributed by atoms with Crippen LogP contribution in [0.1, 0.15) is 24.8 Å². The quantitative estimate of drug-likeness (QED) is 0.847. The lowest BCUT2D eigenvalue weighted by molar-refractivity contribution is -0.135. The van der Waals surface area contributed by atoms with Gasteiger partial charge in [0.2, 0.25) is 0 Å². The highest BCUT2D eigenvalue weighted by Gasteiger charge is 2.26. The van der Waals surface area contributed by atoms with Gasteiger partial charge < -0.3 is 5.73 Å². The zero-order chi connectivity index (χ0) is 12.0. The maximum Gasteiger partial charge on any atom is 0.389 e. The number of halogens is 3. The Labute approximate surface area is 92.7 Å². The Morgan fingerprint density at radius 2 is 1.88 bits per heavy atom. The first kappa shape index (κ1) is 13.0. The molecular formula is C11H15F3N2. The van der Waals surface area contributed by atoms with Crippen LogP contribution in [0.2, 0.25) is 0 Å². The standard InChI is InChI=1S/C11H15F3N2/c12-11(13,14)5-1-2-10(15)8-9-3-6-16-7-4-9/h3-4,6-7,10H,1-2,5,8,15H2. The molecule has 0 aliphatic rings. The van der Waals surface area contributed by atoms with E-state index in [0.29, 0.717) is 12.8 Å². The van der Waals surface area contributed by atoms with E-state index in [2.05, 4.69) is 4.98 Å². The number of hydrogen-bond acceptors (Lipinski definition) is 2. The van der Waals surface area contributed by atoms with Gasteiger partial charge in [0.15, 0.2) is 0 Å². The van der Waals surface area contributed by atoms with Crippen LogP contribution < -0.4 is 5.73 Å². The Morgan fingerprint density at radius 3 is 2.44 bits per heavy atom. The van der Waals surface area contributed by atoms with E-state index >= 15 is 0 Å². The van der Waals surface area contributed by atoms with Gasteiger partial charge in [0.05, 0.1) is 0 Å². The minimum absolute atomic E-state index is 0.0930. The lowest BCUT2D eigenvalue weighted by Gasteiger charge is -2.12. The van der Waals surface area contributed by atoms with Crippen LogP contribution in [0.4, 0.5) is 13.2 Å². The zero-order valence-corrected chi connectivity index (χ0v) is 8.87. The van der Waals surface area contributed by atoms with Crippen LogP contribution in [0, 0.1) is 0 Å². The van der Waals surface area contributed by atoms with Crippen LogP contribution in [0.5, 0.6) is 0 Å². The molecule has 1 aromatic rings. The monoisotopic (exact) mass is 232 g/mol. The Balaban J connectivity index is 2.24. The van der Waals surface area contributed by atoms with Crippen molar-refractivity contribution < 1.29 is 13.2 Å². The van der Waals surface area contributed by atoms with Crippen molar-refractivity contribution in [1.29, 1.82) is 0 Å². The molecule has 5 heteroatoms. The lowest BCUT2D eigenvalue weighted by Crippen LogP contribution is -2.23. The molecule has 0 aromatic carbocycles. The van der Waals surface area contributed by atoms with Crippen LogP contribution in [-0.4, -0.2) is 17.2 Å². The van der Waals surface area contributed by atoms with Gasteiger partial charge in [0.25, 0.3) is 0 Å². The maximum atomic E-state index is 11.9. The fourth-order valence-electron chi connectivity index (χ4n) is 1.49. The SMILES string of the molecule is NC(CCCC(F)(F)F)Cc1ccncc1. The number of rotatable bonds is 5. The normalized spacial score (nSPS) is 13.8. The molecule has 0 saturated carbocycles. The number of hydrogen-bond donors (Lipinski definition) is 1. The van der Waals surface area contributed by atoms with Gasteiger partial charge in [-0.2, -0.15) is 13.2 Å². The summed E-state index contributed by atoms with van der Waals surface area (Å²) < 4.78 is 35.7. The lowest BCUT2D eigenvalue weighted by atomic mass is 10.0. The molecule has 1 atom stereocenters. The Bertz CT molecular complexity index is 298. The number of nitrogens with zero attached hydrogens (tertiary/aromatic N) is 1. The molecule has 1 heterocycles. The van der Waals surface area contributed by atoms with Crippen LogP contribution in [0.25, 0.3) is 0 Å². The molecular weight excluding hydrogens is 217 g/mol. The van der Waals surface area contributed by atoms with Gasteiger partial charge in [-0.3, -0.25) is 4.98 Å². The van der Waals surface area contributed by atoms with Gasteiger partial charge in [0.1, 0.15) is 0 Å². The molecule has 2 N–H and O–H groups in total. The van der Waals surface area contributed by atoms with E-state index in [1.165, 1.54) is 0 Å². The van der Waals surface area contributed by atoms with E-state index in [-0.39, 0.29) is 12.5 Å². The first-order chi connectivity index (χ1) is 7.47. The summed E-state index contributed by atoms with van der Waals surface area (Å²) >= 11 is 0. The van der Waals surface area contributed by atoms with Crippen molar-refractivity contribution in [2.45, 2.75) is 37.9 Å². The van der Waals surface area contributed by atoms with Crippen LogP contribution in [0.15, 0.2) is 24.5 Å². The second kappa shape index (κ2) is 5.84. The molecule has 0 bridgehead atoms. The minimum atomic E-state index is -4.07. The number of alkyl halides is 3. The summed E-state index contributed by atoms with van der Waals surface area (Å²) in [4.78, 5) is 3.86. The summed E-state index contributed by atoms with van der Waals surface area (Å²) in [6.45, 7) is 0. The van der Waals surface area contributed by atoms with Crippen molar-refractivity contribution in [1.82, 2.24) is 4.98 Å². The van der Waals surface area contributed by atoms with Crippen molar-refractivity contribution in [3.8, 4) is 0 Å². The van der Waals surface area contributed by atoms with Crippen molar-refractivity contribution in [3.63, 3.8) is 0 Å². The van der Waals surface area contributed by atoms with Crippen LogP contribution in [-0.2, 0) is 6.42 Å². The van der Waals surface area contributed by atoms with Gasteiger partial charge in [-0.05, 0) is 37.0 Å². The molecule has 1 rings (SSSR count). The van der Waals surface area contributed by atoms with Crippen LogP contribution in [0.3, 0.4) is 0 Å². The van der Waals surface area contributed by atoms with Crippen molar-refractivity contribution >= 4 is 0 Å². The fourth-order valence-corrected chi connectivity index (χ4v) is 1.49. The molecule has 0 radical (unpaired) electrons. The Morgan fingerprint density at radius 1 is 1.25 bits per heavy atom. The first-order valence-corrected chi connectivity index (χ1v) is 5.18. The molecule has 1 aromatic heterocycles. The molecule has 1 unspecified atom stereocenters. The third kappa shape index (κ3) is 5.70. The molecule has 2 nitrogen and oxygen atoms in total. The summed E-state index contributed by atoms with van der Waals surface area (Å²) in [6.07, 6.45) is -0.444. The highest BCUT2D eigenvalue weighted by atomic mass is 19.4. The van der Waals surface area contributed by atoms with Crippen molar-refractivity contribution in [2.75, 3.05) is 0 Å². The van der Waals surface area contributed by atoms with Gasteiger partial charge in [-0.15, -0.1) is 0 Å². The predicted molar refractivity (Wildman–Crippen MR) is 55.8 cm³/mol. The second-order valence-electron chi connectivity index (χ2n) is 3.83. The Kier molecular flexibility index (Phi) is 4.73. The number of pyridine rings is 1. The van der Waals surface area contributed by atoms with E-state index in [1.807, 2.05) is 12.1 Å². The van der Waals surface area contributed by atoms with E-state index < -0.39 is 12.6 Å². The first-order valence-electron chi connectivity index (χ1n) is 5.18. The third-order valence-electron chi connectivity index (χ3n) is 2.28. The topological polar surface area (TPSA) is 38.9 Å². The zero-order valence-electron chi connectivity index (χ0n) is 8.87. The summed E-state index contributed by atoms with van der Waals surface area (Å²) in [7, 11) is 0. The molecule has 0 spiro atoms. The summed E-state index contributed by atoms with van der Waals surface area (Å²) in [5.74, 6) is 0. The molecule has 0 amide bonds. The van der Waals surface area contributed by atoms with Gasteiger partial charge >= 0.3 is 6.18 Å². The number of nitrogens with two attached hydrogens (primary N) is 1. The second-order valence-corrected chi connectivity index (χ2v) is 3.83. The van der Waals surface area contributed by atoms with E-state index in [0.717, 1.165) is 5.56 Å². The van der Waals surface area contributed by atoms with Crippen molar-refractivity contribution in [2.24, 2.45) is 5.73 Å². The van der Waals surface area contributed by atoms with Crippen LogP contribution >= 0.6 is 0 Å². The average Bonchev–Trinajstić information content (AvgIpc) is 2.17. The molecule has 0 aliphatic carbocycles. The molecule has 0 fully saturated rings. The fraction of sp³-hybridized carbons (Fsp3) is 0.545. The van der Waals surface area contributed by atoms with E-state index in [9.17, 15) is 13.2 Å². The largest absolute Gasteiger partial charge is 0.389 e. The summed E-state index contributed by atoms with van der Waals surface area (Å²) in [6, 6.07) is 3.43. The molecule has 90 valence electrons. The highest BCUT2D eigenvalue weighted by Crippen LogP contribution is 2.22.